The second-order valence-electron chi connectivity index (χ2n) is 2.52. The summed E-state index contributed by atoms with van der Waals surface area (Å²) in [6.45, 7) is 3.12. The Morgan fingerprint density at radius 1 is 1.30 bits per heavy atom. The van der Waals surface area contributed by atoms with Gasteiger partial charge in [0.15, 0.2) is 0 Å². The second kappa shape index (κ2) is 6.78. The number of nitrogens with zero attached hydrogens (tertiary/aromatic N) is 1. The van der Waals surface area contributed by atoms with E-state index in [1.807, 2.05) is 19.1 Å². The minimum absolute atomic E-state index is 0.938. The van der Waals surface area contributed by atoms with Crippen molar-refractivity contribution in [1.82, 2.24) is 10.4 Å². The van der Waals surface area contributed by atoms with E-state index in [2.05, 4.69) is 24.5 Å². The zero-order valence-electron chi connectivity index (χ0n) is 7.22. The van der Waals surface area contributed by atoms with Gasteiger partial charge in [-0.15, -0.1) is 0 Å². The molecule has 0 saturated carbocycles. The summed E-state index contributed by atoms with van der Waals surface area (Å²) in [5.74, 6) is 0. The van der Waals surface area contributed by atoms with E-state index in [0.717, 1.165) is 6.54 Å². The topological polar surface area (TPSA) is 15.3 Å². The number of allylic oxidation sites excluding steroid dienone is 1. The average molecular weight is 142 g/mol. The Morgan fingerprint density at radius 3 is 2.50 bits per heavy atom. The molecule has 0 fully saturated rings. The van der Waals surface area contributed by atoms with Gasteiger partial charge >= 0.3 is 0 Å². The van der Waals surface area contributed by atoms with Crippen LogP contribution in [0.15, 0.2) is 12.2 Å². The van der Waals surface area contributed by atoms with Crippen molar-refractivity contribution in [1.29, 1.82) is 0 Å². The SMILES string of the molecule is CCC/C=C/CNN(C)C. The minimum atomic E-state index is 0.938. The van der Waals surface area contributed by atoms with Crippen LogP contribution in [0.1, 0.15) is 19.8 Å². The van der Waals surface area contributed by atoms with E-state index in [1.54, 1.807) is 0 Å². The van der Waals surface area contributed by atoms with Gasteiger partial charge in [-0.05, 0) is 6.42 Å². The van der Waals surface area contributed by atoms with Crippen molar-refractivity contribution in [3.63, 3.8) is 0 Å². The first-order valence-electron chi connectivity index (χ1n) is 3.83. The lowest BCUT2D eigenvalue weighted by molar-refractivity contribution is 0.306. The van der Waals surface area contributed by atoms with Crippen LogP contribution in [0.25, 0.3) is 0 Å². The molecular weight excluding hydrogens is 124 g/mol. The molecule has 0 unspecified atom stereocenters. The Kier molecular flexibility index (Phi) is 6.55. The molecular formula is C8H18N2. The van der Waals surface area contributed by atoms with E-state index in [1.165, 1.54) is 12.8 Å². The van der Waals surface area contributed by atoms with E-state index in [9.17, 15) is 0 Å². The summed E-state index contributed by atoms with van der Waals surface area (Å²) in [5.41, 5.74) is 3.15. The highest BCUT2D eigenvalue weighted by atomic mass is 15.5. The van der Waals surface area contributed by atoms with Crippen molar-refractivity contribution in [2.45, 2.75) is 19.8 Å². The van der Waals surface area contributed by atoms with Gasteiger partial charge in [0.2, 0.25) is 0 Å². The first kappa shape index (κ1) is 9.66. The van der Waals surface area contributed by atoms with E-state index in [4.69, 9.17) is 0 Å². The van der Waals surface area contributed by atoms with Crippen molar-refractivity contribution >= 4 is 0 Å². The lowest BCUT2D eigenvalue weighted by Crippen LogP contribution is -2.30. The third kappa shape index (κ3) is 7.66. The summed E-state index contributed by atoms with van der Waals surface area (Å²) >= 11 is 0. The molecule has 0 aromatic heterocycles. The molecule has 0 amide bonds. The number of rotatable bonds is 5. The lowest BCUT2D eigenvalue weighted by Gasteiger charge is -2.08. The normalized spacial score (nSPS) is 11.6. The van der Waals surface area contributed by atoms with Crippen LogP contribution >= 0.6 is 0 Å². The first-order valence-corrected chi connectivity index (χ1v) is 3.83. The van der Waals surface area contributed by atoms with Crippen LogP contribution < -0.4 is 5.43 Å². The number of hydrogen-bond donors (Lipinski definition) is 1. The van der Waals surface area contributed by atoms with Crippen LogP contribution in [0.3, 0.4) is 0 Å². The Balaban J connectivity index is 3.02. The summed E-state index contributed by atoms with van der Waals surface area (Å²) in [6, 6.07) is 0. The number of unbranched alkanes of at least 4 members (excludes halogenated alkanes) is 1. The molecule has 60 valence electrons. The highest BCUT2D eigenvalue weighted by Gasteiger charge is 1.80. The Morgan fingerprint density at radius 2 is 2.00 bits per heavy atom. The van der Waals surface area contributed by atoms with E-state index < -0.39 is 0 Å². The third-order valence-corrected chi connectivity index (χ3v) is 1.15. The fourth-order valence-electron chi connectivity index (χ4n) is 0.603. The smallest absolute Gasteiger partial charge is 0.0283 e. The monoisotopic (exact) mass is 142 g/mol. The number of hydrazine groups is 1. The zero-order chi connectivity index (χ0) is 7.82. The first-order chi connectivity index (χ1) is 4.77. The van der Waals surface area contributed by atoms with Crippen molar-refractivity contribution in [2.24, 2.45) is 0 Å². The van der Waals surface area contributed by atoms with Gasteiger partial charge in [-0.3, -0.25) is 10.4 Å². The third-order valence-electron chi connectivity index (χ3n) is 1.15. The fourth-order valence-corrected chi connectivity index (χ4v) is 0.603. The van der Waals surface area contributed by atoms with Gasteiger partial charge < -0.3 is 0 Å². The quantitative estimate of drug-likeness (QED) is 0.461. The molecule has 0 heterocycles. The largest absolute Gasteiger partial charge is 0.252 e. The van der Waals surface area contributed by atoms with Crippen molar-refractivity contribution in [2.75, 3.05) is 20.6 Å². The molecule has 0 aliphatic heterocycles. The van der Waals surface area contributed by atoms with Crippen LogP contribution in [-0.4, -0.2) is 25.6 Å². The summed E-state index contributed by atoms with van der Waals surface area (Å²) in [7, 11) is 3.99. The summed E-state index contributed by atoms with van der Waals surface area (Å²) in [4.78, 5) is 0. The van der Waals surface area contributed by atoms with Gasteiger partial charge in [0, 0.05) is 20.6 Å². The predicted molar refractivity (Wildman–Crippen MR) is 45.7 cm³/mol. The molecule has 0 aromatic rings. The summed E-state index contributed by atoms with van der Waals surface area (Å²) in [6.07, 6.45) is 6.79. The fraction of sp³-hybridized carbons (Fsp3) is 0.750. The maximum atomic E-state index is 3.15. The summed E-state index contributed by atoms with van der Waals surface area (Å²) < 4.78 is 0. The van der Waals surface area contributed by atoms with Crippen LogP contribution in [-0.2, 0) is 0 Å². The standard InChI is InChI=1S/C8H18N2/c1-4-5-6-7-8-9-10(2)3/h6-7,9H,4-5,8H2,1-3H3/b7-6+. The molecule has 0 aliphatic rings. The molecule has 10 heavy (non-hydrogen) atoms. The molecule has 0 aliphatic carbocycles. The predicted octanol–water partition coefficient (Wildman–Crippen LogP) is 1.41. The molecule has 0 atom stereocenters. The van der Waals surface area contributed by atoms with Gasteiger partial charge in [-0.2, -0.15) is 0 Å². The van der Waals surface area contributed by atoms with Crippen LogP contribution in [0.2, 0.25) is 0 Å². The summed E-state index contributed by atoms with van der Waals surface area (Å²) in [5, 5.41) is 1.95. The molecule has 0 spiro atoms. The van der Waals surface area contributed by atoms with Gasteiger partial charge in [-0.25, -0.2) is 0 Å². The van der Waals surface area contributed by atoms with E-state index >= 15 is 0 Å². The maximum Gasteiger partial charge on any atom is 0.0283 e. The molecule has 0 rings (SSSR count). The lowest BCUT2D eigenvalue weighted by atomic mass is 10.3. The zero-order valence-corrected chi connectivity index (χ0v) is 7.22. The Hall–Kier alpha value is -0.340. The van der Waals surface area contributed by atoms with E-state index in [-0.39, 0.29) is 0 Å². The van der Waals surface area contributed by atoms with Crippen molar-refractivity contribution < 1.29 is 0 Å². The highest BCUT2D eigenvalue weighted by Crippen LogP contribution is 1.86. The molecule has 0 radical (unpaired) electrons. The maximum absolute atomic E-state index is 3.15. The molecule has 1 N–H and O–H groups in total. The van der Waals surface area contributed by atoms with Crippen LogP contribution in [0.4, 0.5) is 0 Å². The number of nitrogens with one attached hydrogen (secondary N) is 1. The van der Waals surface area contributed by atoms with Gasteiger partial charge in [-0.1, -0.05) is 25.5 Å². The second-order valence-corrected chi connectivity index (χ2v) is 2.52. The molecule has 0 bridgehead atoms. The molecule has 2 nitrogen and oxygen atoms in total. The Labute approximate surface area is 63.9 Å². The molecule has 0 saturated heterocycles. The van der Waals surface area contributed by atoms with Gasteiger partial charge in [0.25, 0.3) is 0 Å². The molecule has 2 heteroatoms. The van der Waals surface area contributed by atoms with E-state index in [0.29, 0.717) is 0 Å². The molecule has 0 aromatic carbocycles. The van der Waals surface area contributed by atoms with Crippen molar-refractivity contribution in [3.05, 3.63) is 12.2 Å². The van der Waals surface area contributed by atoms with Crippen LogP contribution in [0.5, 0.6) is 0 Å². The Bertz CT molecular complexity index is 87.3. The highest BCUT2D eigenvalue weighted by molar-refractivity contribution is 4.82. The average Bonchev–Trinajstić information content (AvgIpc) is 1.87. The van der Waals surface area contributed by atoms with Crippen LogP contribution in [0, 0.1) is 0 Å². The van der Waals surface area contributed by atoms with Crippen molar-refractivity contribution in [3.8, 4) is 0 Å². The minimum Gasteiger partial charge on any atom is -0.252 e. The number of hydrogen-bond acceptors (Lipinski definition) is 2. The van der Waals surface area contributed by atoms with Gasteiger partial charge in [0.1, 0.15) is 0 Å². The van der Waals surface area contributed by atoms with Gasteiger partial charge in [0.05, 0.1) is 0 Å².